The minimum absolute atomic E-state index is 0.141. The van der Waals surface area contributed by atoms with Crippen LogP contribution in [0.4, 0.5) is 5.69 Å². The van der Waals surface area contributed by atoms with E-state index in [1.807, 2.05) is 37.3 Å². The van der Waals surface area contributed by atoms with E-state index in [0.717, 1.165) is 9.39 Å². The summed E-state index contributed by atoms with van der Waals surface area (Å²) in [5.41, 5.74) is 2.52. The van der Waals surface area contributed by atoms with Gasteiger partial charge in [0.05, 0.1) is 5.56 Å². The molecule has 17 heavy (non-hydrogen) atoms. The highest BCUT2D eigenvalue weighted by molar-refractivity contribution is 14.1. The van der Waals surface area contributed by atoms with Gasteiger partial charge >= 0.3 is 0 Å². The Morgan fingerprint density at radius 2 is 1.88 bits per heavy atom. The number of nitrogens with one attached hydrogen (secondary N) is 1. The molecular weight excluding hydrogens is 327 g/mol. The highest BCUT2D eigenvalue weighted by Gasteiger charge is 2.05. The molecule has 2 aromatic rings. The van der Waals surface area contributed by atoms with Gasteiger partial charge in [0, 0.05) is 11.9 Å². The number of halogens is 1. The molecule has 0 spiro atoms. The number of hydrogen-bond acceptors (Lipinski definition) is 2. The Bertz CT molecular complexity index is 520. The molecule has 0 bridgehead atoms. The fraction of sp³-hybridized carbons (Fsp3) is 0.0769. The third-order valence-corrected chi connectivity index (χ3v) is 2.94. The van der Waals surface area contributed by atoms with Crippen LogP contribution in [0.15, 0.2) is 42.6 Å². The van der Waals surface area contributed by atoms with Crippen molar-refractivity contribution in [1.82, 2.24) is 4.98 Å². The molecule has 0 atom stereocenters. The lowest BCUT2D eigenvalue weighted by Crippen LogP contribution is -2.12. The molecule has 3 nitrogen and oxygen atoms in total. The van der Waals surface area contributed by atoms with Crippen molar-refractivity contribution in [2.75, 3.05) is 5.32 Å². The average Bonchev–Trinajstić information content (AvgIpc) is 2.33. The molecule has 2 rings (SSSR count). The van der Waals surface area contributed by atoms with Crippen molar-refractivity contribution in [3.8, 4) is 0 Å². The summed E-state index contributed by atoms with van der Waals surface area (Å²) in [5.74, 6) is -0.141. The Kier molecular flexibility index (Phi) is 3.73. The van der Waals surface area contributed by atoms with Crippen LogP contribution in [0.1, 0.15) is 15.9 Å². The van der Waals surface area contributed by atoms with E-state index < -0.39 is 0 Å². The lowest BCUT2D eigenvalue weighted by molar-refractivity contribution is 0.102. The summed E-state index contributed by atoms with van der Waals surface area (Å²) in [6.45, 7) is 2.01. The molecule has 0 aliphatic carbocycles. The van der Waals surface area contributed by atoms with E-state index in [0.29, 0.717) is 5.56 Å². The summed E-state index contributed by atoms with van der Waals surface area (Å²) < 4.78 is 0.870. The lowest BCUT2D eigenvalue weighted by atomic mass is 10.2. The monoisotopic (exact) mass is 338 g/mol. The molecule has 1 N–H and O–H groups in total. The molecular formula is C13H11IN2O. The molecule has 1 amide bonds. The third-order valence-electron chi connectivity index (χ3n) is 2.30. The predicted octanol–water partition coefficient (Wildman–Crippen LogP) is 3.25. The lowest BCUT2D eigenvalue weighted by Gasteiger charge is -2.05. The van der Waals surface area contributed by atoms with E-state index in [1.54, 1.807) is 12.3 Å². The van der Waals surface area contributed by atoms with Crippen LogP contribution < -0.4 is 5.32 Å². The van der Waals surface area contributed by atoms with Gasteiger partial charge in [0.1, 0.15) is 3.70 Å². The molecule has 0 saturated heterocycles. The fourth-order valence-electron chi connectivity index (χ4n) is 1.35. The number of nitrogens with zero attached hydrogens (tertiary/aromatic N) is 1. The summed E-state index contributed by atoms with van der Waals surface area (Å²) in [4.78, 5) is 15.9. The molecule has 0 saturated carbocycles. The zero-order valence-electron chi connectivity index (χ0n) is 9.27. The van der Waals surface area contributed by atoms with Crippen molar-refractivity contribution in [3.63, 3.8) is 0 Å². The second-order valence-electron chi connectivity index (χ2n) is 3.69. The number of pyridine rings is 1. The van der Waals surface area contributed by atoms with Gasteiger partial charge in [-0.3, -0.25) is 4.79 Å². The Morgan fingerprint density at radius 3 is 2.47 bits per heavy atom. The number of aryl methyl sites for hydroxylation is 1. The van der Waals surface area contributed by atoms with Crippen LogP contribution in [-0.4, -0.2) is 10.9 Å². The van der Waals surface area contributed by atoms with Gasteiger partial charge in [0.25, 0.3) is 5.91 Å². The first-order valence-electron chi connectivity index (χ1n) is 5.15. The van der Waals surface area contributed by atoms with Crippen molar-refractivity contribution in [2.24, 2.45) is 0 Å². The number of carbonyl (C=O) groups excluding carboxylic acids is 1. The number of rotatable bonds is 2. The first kappa shape index (κ1) is 12.0. The highest BCUT2D eigenvalue weighted by atomic mass is 127. The topological polar surface area (TPSA) is 42.0 Å². The van der Waals surface area contributed by atoms with Gasteiger partial charge in [-0.15, -0.1) is 0 Å². The van der Waals surface area contributed by atoms with Gasteiger partial charge in [-0.1, -0.05) is 17.7 Å². The normalized spacial score (nSPS) is 10.0. The zero-order valence-corrected chi connectivity index (χ0v) is 11.4. The van der Waals surface area contributed by atoms with Crippen molar-refractivity contribution in [3.05, 3.63) is 57.4 Å². The van der Waals surface area contributed by atoms with E-state index in [1.165, 1.54) is 5.56 Å². The largest absolute Gasteiger partial charge is 0.322 e. The fourth-order valence-corrected chi connectivity index (χ4v) is 1.67. The van der Waals surface area contributed by atoms with Crippen LogP contribution in [0.25, 0.3) is 0 Å². The van der Waals surface area contributed by atoms with Gasteiger partial charge in [-0.25, -0.2) is 4.98 Å². The van der Waals surface area contributed by atoms with Crippen LogP contribution in [-0.2, 0) is 0 Å². The molecule has 1 heterocycles. The average molecular weight is 338 g/mol. The summed E-state index contributed by atoms with van der Waals surface area (Å²) in [6.07, 6.45) is 1.57. The van der Waals surface area contributed by atoms with Gasteiger partial charge in [0.2, 0.25) is 0 Å². The van der Waals surface area contributed by atoms with Crippen molar-refractivity contribution in [1.29, 1.82) is 0 Å². The molecule has 86 valence electrons. The number of hydrogen-bond donors (Lipinski definition) is 1. The van der Waals surface area contributed by atoms with E-state index in [9.17, 15) is 4.79 Å². The molecule has 0 unspecified atom stereocenters. The SMILES string of the molecule is Cc1ccc(NC(=O)c2ccc(I)nc2)cc1. The predicted molar refractivity (Wildman–Crippen MR) is 76.1 cm³/mol. The molecule has 0 fully saturated rings. The second kappa shape index (κ2) is 5.27. The quantitative estimate of drug-likeness (QED) is 0.675. The van der Waals surface area contributed by atoms with E-state index in [4.69, 9.17) is 0 Å². The Hall–Kier alpha value is -1.43. The first-order valence-corrected chi connectivity index (χ1v) is 6.22. The molecule has 0 aliphatic heterocycles. The van der Waals surface area contributed by atoms with Crippen LogP contribution in [0.3, 0.4) is 0 Å². The summed E-state index contributed by atoms with van der Waals surface area (Å²) in [5, 5.41) is 2.82. The summed E-state index contributed by atoms with van der Waals surface area (Å²) in [6, 6.07) is 11.3. The maximum Gasteiger partial charge on any atom is 0.257 e. The smallest absolute Gasteiger partial charge is 0.257 e. The summed E-state index contributed by atoms with van der Waals surface area (Å²) >= 11 is 2.10. The van der Waals surface area contributed by atoms with Gasteiger partial charge in [-0.2, -0.15) is 0 Å². The van der Waals surface area contributed by atoms with Crippen LogP contribution >= 0.6 is 22.6 Å². The molecule has 1 aromatic heterocycles. The number of benzene rings is 1. The third kappa shape index (κ3) is 3.26. The van der Waals surface area contributed by atoms with E-state index in [-0.39, 0.29) is 5.91 Å². The Labute approximate surface area is 113 Å². The van der Waals surface area contributed by atoms with Gasteiger partial charge < -0.3 is 5.32 Å². The minimum Gasteiger partial charge on any atom is -0.322 e. The van der Waals surface area contributed by atoms with E-state index in [2.05, 4.69) is 32.9 Å². The summed E-state index contributed by atoms with van der Waals surface area (Å²) in [7, 11) is 0. The second-order valence-corrected chi connectivity index (χ2v) is 4.79. The van der Waals surface area contributed by atoms with E-state index >= 15 is 0 Å². The Morgan fingerprint density at radius 1 is 1.18 bits per heavy atom. The number of amides is 1. The maximum absolute atomic E-state index is 11.9. The van der Waals surface area contributed by atoms with Crippen LogP contribution in [0.5, 0.6) is 0 Å². The van der Waals surface area contributed by atoms with Gasteiger partial charge in [0.15, 0.2) is 0 Å². The van der Waals surface area contributed by atoms with Crippen molar-refractivity contribution >= 4 is 34.2 Å². The molecule has 0 aliphatic rings. The Balaban J connectivity index is 2.11. The zero-order chi connectivity index (χ0) is 12.3. The number of anilines is 1. The maximum atomic E-state index is 11.9. The van der Waals surface area contributed by atoms with Crippen LogP contribution in [0.2, 0.25) is 0 Å². The van der Waals surface area contributed by atoms with Gasteiger partial charge in [-0.05, 0) is 53.8 Å². The standard InChI is InChI=1S/C13H11IN2O/c1-9-2-5-11(6-3-9)16-13(17)10-4-7-12(14)15-8-10/h2-8H,1H3,(H,16,17). The number of aromatic nitrogens is 1. The highest BCUT2D eigenvalue weighted by Crippen LogP contribution is 2.11. The minimum atomic E-state index is -0.141. The first-order chi connectivity index (χ1) is 8.15. The molecule has 4 heteroatoms. The number of carbonyl (C=O) groups is 1. The van der Waals surface area contributed by atoms with Crippen molar-refractivity contribution < 1.29 is 4.79 Å². The molecule has 1 aromatic carbocycles. The van der Waals surface area contributed by atoms with Crippen molar-refractivity contribution in [2.45, 2.75) is 6.92 Å². The molecule has 0 radical (unpaired) electrons. The van der Waals surface area contributed by atoms with Crippen LogP contribution in [0, 0.1) is 10.6 Å².